The Bertz CT molecular complexity index is 516. The molecule has 22 heavy (non-hydrogen) atoms. The molecule has 0 aliphatic carbocycles. The van der Waals surface area contributed by atoms with Crippen LogP contribution in [0.3, 0.4) is 0 Å². The topological polar surface area (TPSA) is 68.1 Å². The van der Waals surface area contributed by atoms with Gasteiger partial charge in [0.1, 0.15) is 0 Å². The Morgan fingerprint density at radius 1 is 1.27 bits per heavy atom. The van der Waals surface area contributed by atoms with Crippen molar-refractivity contribution in [2.24, 2.45) is 0 Å². The molecule has 122 valence electrons. The Hall–Kier alpha value is -1.86. The third-order valence-corrected chi connectivity index (χ3v) is 3.92. The van der Waals surface area contributed by atoms with E-state index in [0.29, 0.717) is 11.5 Å². The standard InChI is InChI=1S/C15H23N3O4/c1-4-15(17-9-7-16(2)8-10-17)22-14-11-12(18(19)20)5-6-13(14)21-3/h5-6,11,15H,4,7-10H2,1-3H3. The first-order valence-electron chi connectivity index (χ1n) is 7.46. The normalized spacial score (nSPS) is 18.0. The zero-order valence-corrected chi connectivity index (χ0v) is 13.3. The molecule has 0 N–H and O–H groups in total. The summed E-state index contributed by atoms with van der Waals surface area (Å²) in [6.45, 7) is 5.88. The first-order chi connectivity index (χ1) is 10.5. The van der Waals surface area contributed by atoms with E-state index in [9.17, 15) is 10.1 Å². The lowest BCUT2D eigenvalue weighted by atomic mass is 10.2. The van der Waals surface area contributed by atoms with Crippen LogP contribution in [-0.2, 0) is 0 Å². The highest BCUT2D eigenvalue weighted by atomic mass is 16.6. The lowest BCUT2D eigenvalue weighted by Crippen LogP contribution is -2.50. The molecule has 0 amide bonds. The quantitative estimate of drug-likeness (QED) is 0.591. The van der Waals surface area contributed by atoms with Crippen LogP contribution in [0.2, 0.25) is 0 Å². The van der Waals surface area contributed by atoms with Gasteiger partial charge in [0.25, 0.3) is 5.69 Å². The second kappa shape index (κ2) is 7.42. The van der Waals surface area contributed by atoms with Crippen molar-refractivity contribution in [2.45, 2.75) is 19.6 Å². The smallest absolute Gasteiger partial charge is 0.273 e. The Morgan fingerprint density at radius 3 is 2.50 bits per heavy atom. The molecule has 1 fully saturated rings. The van der Waals surface area contributed by atoms with Gasteiger partial charge in [0, 0.05) is 32.2 Å². The van der Waals surface area contributed by atoms with Crippen LogP contribution in [-0.4, -0.2) is 61.3 Å². The molecule has 0 spiro atoms. The molecule has 1 aromatic carbocycles. The average molecular weight is 309 g/mol. The zero-order valence-electron chi connectivity index (χ0n) is 13.3. The SMILES string of the molecule is CCC(Oc1cc([N+](=O)[O-])ccc1OC)N1CCN(C)CC1. The Kier molecular flexibility index (Phi) is 5.57. The van der Waals surface area contributed by atoms with E-state index in [1.54, 1.807) is 6.07 Å². The molecule has 2 rings (SSSR count). The van der Waals surface area contributed by atoms with Crippen LogP contribution in [0.25, 0.3) is 0 Å². The summed E-state index contributed by atoms with van der Waals surface area (Å²) in [5.41, 5.74) is 0.00373. The Labute approximate surface area is 130 Å². The van der Waals surface area contributed by atoms with Crippen molar-refractivity contribution in [3.8, 4) is 11.5 Å². The number of methoxy groups -OCH3 is 1. The van der Waals surface area contributed by atoms with Crippen LogP contribution in [0, 0.1) is 10.1 Å². The van der Waals surface area contributed by atoms with Gasteiger partial charge in [-0.1, -0.05) is 6.92 Å². The van der Waals surface area contributed by atoms with Crippen molar-refractivity contribution >= 4 is 5.69 Å². The fraction of sp³-hybridized carbons (Fsp3) is 0.600. The van der Waals surface area contributed by atoms with Crippen molar-refractivity contribution in [3.63, 3.8) is 0 Å². The summed E-state index contributed by atoms with van der Waals surface area (Å²) in [6, 6.07) is 4.42. The summed E-state index contributed by atoms with van der Waals surface area (Å²) in [7, 11) is 3.63. The molecular formula is C15H23N3O4. The van der Waals surface area contributed by atoms with E-state index in [2.05, 4.69) is 16.8 Å². The first kappa shape index (κ1) is 16.5. The van der Waals surface area contributed by atoms with E-state index in [0.717, 1.165) is 32.6 Å². The largest absolute Gasteiger partial charge is 0.493 e. The van der Waals surface area contributed by atoms with Crippen molar-refractivity contribution < 1.29 is 14.4 Å². The minimum atomic E-state index is -0.427. The van der Waals surface area contributed by atoms with E-state index in [4.69, 9.17) is 9.47 Å². The van der Waals surface area contributed by atoms with E-state index in [1.165, 1.54) is 19.2 Å². The number of nitro benzene ring substituents is 1. The number of nitrogens with zero attached hydrogens (tertiary/aromatic N) is 3. The molecule has 0 radical (unpaired) electrons. The Balaban J connectivity index is 2.15. The summed E-state index contributed by atoms with van der Waals surface area (Å²) < 4.78 is 11.3. The van der Waals surface area contributed by atoms with Gasteiger partial charge in [0.05, 0.1) is 18.1 Å². The third-order valence-electron chi connectivity index (χ3n) is 3.92. The predicted octanol–water partition coefficient (Wildman–Crippen LogP) is 1.97. The molecule has 1 aromatic rings. The number of hydrogen-bond acceptors (Lipinski definition) is 6. The molecule has 1 aliphatic rings. The molecule has 0 bridgehead atoms. The van der Waals surface area contributed by atoms with Gasteiger partial charge >= 0.3 is 0 Å². The molecule has 7 nitrogen and oxygen atoms in total. The molecule has 1 atom stereocenters. The summed E-state index contributed by atoms with van der Waals surface area (Å²) in [4.78, 5) is 15.0. The molecule has 0 saturated carbocycles. The van der Waals surface area contributed by atoms with Gasteiger partial charge in [0.15, 0.2) is 17.7 Å². The molecular weight excluding hydrogens is 286 g/mol. The zero-order chi connectivity index (χ0) is 16.1. The number of non-ortho nitro benzene ring substituents is 1. The van der Waals surface area contributed by atoms with E-state index in [-0.39, 0.29) is 11.9 Å². The molecule has 1 saturated heterocycles. The number of rotatable bonds is 6. The van der Waals surface area contributed by atoms with Gasteiger partial charge in [-0.25, -0.2) is 0 Å². The highest BCUT2D eigenvalue weighted by Gasteiger charge is 2.24. The fourth-order valence-electron chi connectivity index (χ4n) is 2.54. The maximum Gasteiger partial charge on any atom is 0.273 e. The molecule has 1 heterocycles. The maximum atomic E-state index is 10.9. The number of likely N-dealkylation sites (N-methyl/N-ethyl adjacent to an activating group) is 1. The summed E-state index contributed by atoms with van der Waals surface area (Å²) in [5.74, 6) is 0.931. The lowest BCUT2D eigenvalue weighted by Gasteiger charge is -2.37. The monoisotopic (exact) mass is 309 g/mol. The molecule has 1 aliphatic heterocycles. The van der Waals surface area contributed by atoms with Gasteiger partial charge in [-0.05, 0) is 19.5 Å². The summed E-state index contributed by atoms with van der Waals surface area (Å²) >= 11 is 0. The van der Waals surface area contributed by atoms with E-state index in [1.807, 2.05) is 6.92 Å². The van der Waals surface area contributed by atoms with Gasteiger partial charge in [-0.15, -0.1) is 0 Å². The second-order valence-electron chi connectivity index (χ2n) is 5.41. The van der Waals surface area contributed by atoms with Gasteiger partial charge in [-0.2, -0.15) is 0 Å². The van der Waals surface area contributed by atoms with Crippen LogP contribution in [0.1, 0.15) is 13.3 Å². The summed E-state index contributed by atoms with van der Waals surface area (Å²) in [6.07, 6.45) is 0.694. The third kappa shape index (κ3) is 3.86. The predicted molar refractivity (Wildman–Crippen MR) is 83.4 cm³/mol. The minimum Gasteiger partial charge on any atom is -0.493 e. The number of ether oxygens (including phenoxy) is 2. The van der Waals surface area contributed by atoms with E-state index >= 15 is 0 Å². The number of nitro groups is 1. The van der Waals surface area contributed by atoms with Crippen LogP contribution < -0.4 is 9.47 Å². The van der Waals surface area contributed by atoms with Gasteiger partial charge < -0.3 is 14.4 Å². The number of benzene rings is 1. The van der Waals surface area contributed by atoms with Gasteiger partial charge in [0.2, 0.25) is 0 Å². The maximum absolute atomic E-state index is 10.9. The summed E-state index contributed by atoms with van der Waals surface area (Å²) in [5, 5.41) is 10.9. The highest BCUT2D eigenvalue weighted by molar-refractivity contribution is 5.48. The van der Waals surface area contributed by atoms with Crippen LogP contribution in [0.5, 0.6) is 11.5 Å². The van der Waals surface area contributed by atoms with Crippen molar-refractivity contribution in [2.75, 3.05) is 40.3 Å². The second-order valence-corrected chi connectivity index (χ2v) is 5.41. The fourth-order valence-corrected chi connectivity index (χ4v) is 2.54. The number of hydrogen-bond donors (Lipinski definition) is 0. The van der Waals surface area contributed by atoms with Crippen LogP contribution in [0.4, 0.5) is 5.69 Å². The minimum absolute atomic E-state index is 0.00373. The molecule has 7 heteroatoms. The van der Waals surface area contributed by atoms with Crippen molar-refractivity contribution in [3.05, 3.63) is 28.3 Å². The van der Waals surface area contributed by atoms with Crippen molar-refractivity contribution in [1.29, 1.82) is 0 Å². The molecule has 1 unspecified atom stereocenters. The highest BCUT2D eigenvalue weighted by Crippen LogP contribution is 2.32. The van der Waals surface area contributed by atoms with E-state index < -0.39 is 4.92 Å². The Morgan fingerprint density at radius 2 is 1.95 bits per heavy atom. The van der Waals surface area contributed by atoms with Gasteiger partial charge in [-0.3, -0.25) is 15.0 Å². The van der Waals surface area contributed by atoms with Crippen LogP contribution in [0.15, 0.2) is 18.2 Å². The first-order valence-corrected chi connectivity index (χ1v) is 7.46. The van der Waals surface area contributed by atoms with Crippen LogP contribution >= 0.6 is 0 Å². The molecule has 0 aromatic heterocycles. The number of piperazine rings is 1. The lowest BCUT2D eigenvalue weighted by molar-refractivity contribution is -0.385. The van der Waals surface area contributed by atoms with Crippen molar-refractivity contribution in [1.82, 2.24) is 9.80 Å². The average Bonchev–Trinajstić information content (AvgIpc) is 2.53.